The average Bonchev–Trinajstić information content (AvgIpc) is 1.99. The molecule has 2 nitrogen and oxygen atoms in total. The largest absolute Gasteiger partial charge is 0.772 e. The molecule has 0 bridgehead atoms. The number of benzene rings is 1. The fraction of sp³-hybridized carbons (Fsp3) is 0.250. The van der Waals surface area contributed by atoms with E-state index in [2.05, 4.69) is 0 Å². The lowest BCUT2D eigenvalue weighted by Gasteiger charge is -2.04. The topological polar surface area (TPSA) is 40.1 Å². The van der Waals surface area contributed by atoms with Gasteiger partial charge in [-0.05, 0) is 24.1 Å². The van der Waals surface area contributed by atoms with E-state index in [0.717, 1.165) is 18.2 Å². The molecule has 13 heavy (non-hydrogen) atoms. The van der Waals surface area contributed by atoms with E-state index in [-0.39, 0.29) is 12.2 Å². The summed E-state index contributed by atoms with van der Waals surface area (Å²) in [6.07, 6.45) is 0.130. The third-order valence-corrected chi connectivity index (χ3v) is 2.02. The first-order valence-electron chi connectivity index (χ1n) is 3.59. The third-order valence-electron chi connectivity index (χ3n) is 1.48. The molecule has 1 rings (SSSR count). The fourth-order valence-corrected chi connectivity index (χ4v) is 1.36. The van der Waals surface area contributed by atoms with Gasteiger partial charge in [-0.2, -0.15) is 0 Å². The number of rotatable bonds is 3. The summed E-state index contributed by atoms with van der Waals surface area (Å²) < 4.78 is 45.4. The molecule has 1 atom stereocenters. The molecule has 0 heterocycles. The predicted octanol–water partition coefficient (Wildman–Crippen LogP) is 1.39. The molecule has 0 radical (unpaired) electrons. The summed E-state index contributed by atoms with van der Waals surface area (Å²) >= 11 is -2.17. The highest BCUT2D eigenvalue weighted by molar-refractivity contribution is 7.79. The lowest BCUT2D eigenvalue weighted by atomic mass is 10.2. The molecule has 0 saturated carbocycles. The Hall–Kier alpha value is -0.810. The molecule has 0 N–H and O–H groups in total. The van der Waals surface area contributed by atoms with Crippen LogP contribution in [0.3, 0.4) is 0 Å². The van der Waals surface area contributed by atoms with Crippen LogP contribution in [-0.2, 0) is 17.5 Å². The third kappa shape index (κ3) is 3.61. The van der Waals surface area contributed by atoms with Crippen LogP contribution in [0.15, 0.2) is 18.2 Å². The van der Waals surface area contributed by atoms with E-state index < -0.39 is 22.7 Å². The lowest BCUT2D eigenvalue weighted by molar-refractivity contribution is 0.536. The highest BCUT2D eigenvalue weighted by Crippen LogP contribution is 2.08. The van der Waals surface area contributed by atoms with Crippen LogP contribution in [0.25, 0.3) is 0 Å². The van der Waals surface area contributed by atoms with Gasteiger partial charge in [0.05, 0.1) is 0 Å². The van der Waals surface area contributed by atoms with Crippen molar-refractivity contribution in [2.45, 2.75) is 6.42 Å². The van der Waals surface area contributed by atoms with Crippen LogP contribution in [0, 0.1) is 11.6 Å². The summed E-state index contributed by atoms with van der Waals surface area (Å²) in [7, 11) is 0. The van der Waals surface area contributed by atoms with Crippen LogP contribution < -0.4 is 0 Å². The van der Waals surface area contributed by atoms with Gasteiger partial charge in [-0.3, -0.25) is 4.21 Å². The molecule has 5 heteroatoms. The molecular formula is C8H7F2O2S-. The molecule has 0 fully saturated rings. The maximum absolute atomic E-state index is 12.6. The molecular weight excluding hydrogens is 198 g/mol. The summed E-state index contributed by atoms with van der Waals surface area (Å²) in [5.41, 5.74) is 0.349. The molecule has 1 aromatic rings. The number of halogens is 2. The van der Waals surface area contributed by atoms with Gasteiger partial charge in [-0.1, -0.05) is 11.1 Å². The minimum absolute atomic E-state index is 0.122. The van der Waals surface area contributed by atoms with Crippen molar-refractivity contribution in [3.8, 4) is 0 Å². The van der Waals surface area contributed by atoms with Gasteiger partial charge in [0.2, 0.25) is 0 Å². The zero-order valence-corrected chi connectivity index (χ0v) is 7.44. The maximum Gasteiger partial charge on any atom is 0.126 e. The monoisotopic (exact) mass is 205 g/mol. The zero-order valence-electron chi connectivity index (χ0n) is 6.63. The van der Waals surface area contributed by atoms with Gasteiger partial charge in [0, 0.05) is 11.8 Å². The zero-order chi connectivity index (χ0) is 9.84. The molecule has 0 amide bonds. The second-order valence-electron chi connectivity index (χ2n) is 2.54. The summed E-state index contributed by atoms with van der Waals surface area (Å²) in [5, 5.41) is 0. The number of aryl methyl sites for hydroxylation is 1. The van der Waals surface area contributed by atoms with Crippen molar-refractivity contribution in [3.05, 3.63) is 35.4 Å². The van der Waals surface area contributed by atoms with Crippen LogP contribution in [0.2, 0.25) is 0 Å². The molecule has 0 spiro atoms. The molecule has 1 aromatic carbocycles. The molecule has 0 aliphatic rings. The predicted molar refractivity (Wildman–Crippen MR) is 43.8 cm³/mol. The van der Waals surface area contributed by atoms with Crippen LogP contribution in [-0.4, -0.2) is 14.5 Å². The fourth-order valence-electron chi connectivity index (χ4n) is 0.956. The van der Waals surface area contributed by atoms with E-state index in [4.69, 9.17) is 0 Å². The Morgan fingerprint density at radius 3 is 2.23 bits per heavy atom. The Labute approximate surface area is 76.9 Å². The van der Waals surface area contributed by atoms with Crippen LogP contribution in [0.5, 0.6) is 0 Å². The molecule has 0 saturated heterocycles. The summed E-state index contributed by atoms with van der Waals surface area (Å²) in [4.78, 5) is 0. The van der Waals surface area contributed by atoms with Crippen LogP contribution in [0.1, 0.15) is 5.56 Å². The van der Waals surface area contributed by atoms with Gasteiger partial charge in [0.15, 0.2) is 0 Å². The van der Waals surface area contributed by atoms with Crippen LogP contribution >= 0.6 is 0 Å². The first-order valence-corrected chi connectivity index (χ1v) is 4.83. The van der Waals surface area contributed by atoms with Crippen molar-refractivity contribution in [3.63, 3.8) is 0 Å². The Kier molecular flexibility index (Phi) is 3.50. The number of hydrogen-bond acceptors (Lipinski definition) is 2. The van der Waals surface area contributed by atoms with Gasteiger partial charge in [-0.15, -0.1) is 0 Å². The molecule has 1 unspecified atom stereocenters. The molecule has 72 valence electrons. The van der Waals surface area contributed by atoms with Crippen molar-refractivity contribution in [1.82, 2.24) is 0 Å². The second kappa shape index (κ2) is 4.43. The normalized spacial score (nSPS) is 12.8. The Morgan fingerprint density at radius 1 is 1.23 bits per heavy atom. The minimum atomic E-state index is -2.17. The lowest BCUT2D eigenvalue weighted by Crippen LogP contribution is -2.00. The van der Waals surface area contributed by atoms with Crippen molar-refractivity contribution in [1.29, 1.82) is 0 Å². The van der Waals surface area contributed by atoms with Crippen molar-refractivity contribution in [2.75, 3.05) is 5.75 Å². The van der Waals surface area contributed by atoms with Gasteiger partial charge in [-0.25, -0.2) is 8.78 Å². The van der Waals surface area contributed by atoms with Gasteiger partial charge < -0.3 is 4.55 Å². The van der Waals surface area contributed by atoms with Gasteiger partial charge >= 0.3 is 0 Å². The Morgan fingerprint density at radius 2 is 1.77 bits per heavy atom. The quantitative estimate of drug-likeness (QED) is 0.699. The number of hydrogen-bond donors (Lipinski definition) is 0. The average molecular weight is 205 g/mol. The SMILES string of the molecule is O=S([O-])CCc1cc(F)cc(F)c1. The highest BCUT2D eigenvalue weighted by atomic mass is 32.2. The molecule has 0 aliphatic carbocycles. The van der Waals surface area contributed by atoms with Crippen molar-refractivity contribution < 1.29 is 17.5 Å². The van der Waals surface area contributed by atoms with E-state index in [1.807, 2.05) is 0 Å². The first-order chi connectivity index (χ1) is 6.08. The van der Waals surface area contributed by atoms with Gasteiger partial charge in [0.25, 0.3) is 0 Å². The Bertz CT molecular complexity index is 308. The highest BCUT2D eigenvalue weighted by Gasteiger charge is 1.99. The van der Waals surface area contributed by atoms with E-state index >= 15 is 0 Å². The van der Waals surface area contributed by atoms with Gasteiger partial charge in [0.1, 0.15) is 11.6 Å². The first kappa shape index (κ1) is 10.3. The van der Waals surface area contributed by atoms with Crippen LogP contribution in [0.4, 0.5) is 8.78 Å². The molecule has 0 aromatic heterocycles. The van der Waals surface area contributed by atoms with Crippen molar-refractivity contribution >= 4 is 11.1 Å². The smallest absolute Gasteiger partial charge is 0.126 e. The van der Waals surface area contributed by atoms with E-state index in [0.29, 0.717) is 5.56 Å². The summed E-state index contributed by atoms with van der Waals surface area (Å²) in [5.74, 6) is -1.50. The standard InChI is InChI=1S/C8H8F2O2S/c9-7-3-6(1-2-13(11)12)4-8(10)5-7/h3-5H,1-2H2,(H,11,12)/p-1. The minimum Gasteiger partial charge on any atom is -0.772 e. The summed E-state index contributed by atoms with van der Waals surface area (Å²) in [6.45, 7) is 0. The second-order valence-corrected chi connectivity index (χ2v) is 3.55. The summed E-state index contributed by atoms with van der Waals surface area (Å²) in [6, 6.07) is 2.99. The molecule has 0 aliphatic heterocycles. The van der Waals surface area contributed by atoms with E-state index in [1.165, 1.54) is 0 Å². The Balaban J connectivity index is 2.71. The van der Waals surface area contributed by atoms with E-state index in [9.17, 15) is 17.5 Å². The van der Waals surface area contributed by atoms with E-state index in [1.54, 1.807) is 0 Å². The van der Waals surface area contributed by atoms with Crippen molar-refractivity contribution in [2.24, 2.45) is 0 Å². The maximum atomic E-state index is 12.6.